The van der Waals surface area contributed by atoms with Crippen LogP contribution in [0.3, 0.4) is 0 Å². The summed E-state index contributed by atoms with van der Waals surface area (Å²) in [5.74, 6) is -0.414. The van der Waals surface area contributed by atoms with Crippen molar-refractivity contribution >= 4 is 21.6 Å². The van der Waals surface area contributed by atoms with Crippen LogP contribution in [0.25, 0.3) is 5.69 Å². The number of rotatable bonds is 11. The van der Waals surface area contributed by atoms with Crippen LogP contribution < -0.4 is 14.8 Å². The molecule has 2 N–H and O–H groups in total. The van der Waals surface area contributed by atoms with Gasteiger partial charge in [0.05, 0.1) is 10.6 Å². The van der Waals surface area contributed by atoms with Gasteiger partial charge in [0.2, 0.25) is 15.9 Å². The minimum atomic E-state index is -4.15. The molecule has 11 nitrogen and oxygen atoms in total. The highest BCUT2D eigenvalue weighted by Crippen LogP contribution is 2.36. The summed E-state index contributed by atoms with van der Waals surface area (Å²) in [4.78, 5) is 23.4. The fourth-order valence-electron chi connectivity index (χ4n) is 3.66. The SMILES string of the molecule is CCCNS(=O)(=O)c1cc([N+](=O)[O-])ccc1Oc1c(C)c(C(=O)NC(C)CC)nn1-c1cccc(C)c1C. The van der Waals surface area contributed by atoms with Crippen molar-refractivity contribution in [3.05, 3.63) is 68.9 Å². The largest absolute Gasteiger partial charge is 0.437 e. The van der Waals surface area contributed by atoms with E-state index in [0.717, 1.165) is 23.6 Å². The summed E-state index contributed by atoms with van der Waals surface area (Å²) in [5.41, 5.74) is 2.61. The number of amides is 1. The Morgan fingerprint density at radius 2 is 1.87 bits per heavy atom. The van der Waals surface area contributed by atoms with Crippen molar-refractivity contribution < 1.29 is 22.9 Å². The van der Waals surface area contributed by atoms with E-state index in [0.29, 0.717) is 17.7 Å². The monoisotopic (exact) mass is 543 g/mol. The minimum absolute atomic E-state index is 0.0896. The van der Waals surface area contributed by atoms with Gasteiger partial charge in [0, 0.05) is 30.3 Å². The number of aromatic nitrogens is 2. The van der Waals surface area contributed by atoms with Crippen molar-refractivity contribution in [1.82, 2.24) is 19.8 Å². The summed E-state index contributed by atoms with van der Waals surface area (Å²) in [6.45, 7) is 11.3. The number of nitrogens with one attached hydrogen (secondary N) is 2. The molecule has 0 saturated carbocycles. The molecule has 1 unspecified atom stereocenters. The molecule has 0 aliphatic carbocycles. The fraction of sp³-hybridized carbons (Fsp3) is 0.385. The van der Waals surface area contributed by atoms with Crippen LogP contribution in [0.1, 0.15) is 60.8 Å². The van der Waals surface area contributed by atoms with Crippen molar-refractivity contribution in [1.29, 1.82) is 0 Å². The molecule has 1 heterocycles. The van der Waals surface area contributed by atoms with E-state index in [4.69, 9.17) is 4.74 Å². The molecular formula is C26H33N5O6S. The first-order valence-corrected chi connectivity index (χ1v) is 13.8. The second-order valence-electron chi connectivity index (χ2n) is 9.08. The van der Waals surface area contributed by atoms with Crippen LogP contribution in [-0.4, -0.2) is 41.6 Å². The lowest BCUT2D eigenvalue weighted by Gasteiger charge is -2.15. The quantitative estimate of drug-likeness (QED) is 0.263. The molecule has 1 amide bonds. The highest BCUT2D eigenvalue weighted by Gasteiger charge is 2.28. The zero-order valence-electron chi connectivity index (χ0n) is 22.4. The lowest BCUT2D eigenvalue weighted by molar-refractivity contribution is -0.385. The first-order valence-electron chi connectivity index (χ1n) is 12.3. The summed E-state index contributed by atoms with van der Waals surface area (Å²) in [6.07, 6.45) is 1.25. The minimum Gasteiger partial charge on any atom is -0.437 e. The van der Waals surface area contributed by atoms with Crippen LogP contribution in [0.4, 0.5) is 5.69 Å². The second-order valence-corrected chi connectivity index (χ2v) is 10.8. The van der Waals surface area contributed by atoms with E-state index in [9.17, 15) is 23.3 Å². The number of hydrogen-bond donors (Lipinski definition) is 2. The Labute approximate surface area is 222 Å². The second kappa shape index (κ2) is 11.7. The average molecular weight is 544 g/mol. The normalized spacial score (nSPS) is 12.3. The number of sulfonamides is 1. The van der Waals surface area contributed by atoms with Crippen molar-refractivity contribution in [3.8, 4) is 17.3 Å². The molecule has 0 aliphatic rings. The van der Waals surface area contributed by atoms with Gasteiger partial charge in [0.25, 0.3) is 11.6 Å². The van der Waals surface area contributed by atoms with Crippen LogP contribution in [0.15, 0.2) is 41.3 Å². The molecule has 38 heavy (non-hydrogen) atoms. The van der Waals surface area contributed by atoms with E-state index < -0.39 is 26.5 Å². The first kappa shape index (κ1) is 28.8. The molecule has 12 heteroatoms. The predicted molar refractivity (Wildman–Crippen MR) is 144 cm³/mol. The molecule has 0 radical (unpaired) electrons. The predicted octanol–water partition coefficient (Wildman–Crippen LogP) is 4.71. The lowest BCUT2D eigenvalue weighted by Crippen LogP contribution is -2.32. The van der Waals surface area contributed by atoms with Crippen LogP contribution in [0.5, 0.6) is 11.6 Å². The molecule has 0 bridgehead atoms. The van der Waals surface area contributed by atoms with Crippen molar-refractivity contribution in [3.63, 3.8) is 0 Å². The van der Waals surface area contributed by atoms with Crippen molar-refractivity contribution in [2.24, 2.45) is 0 Å². The molecular weight excluding hydrogens is 510 g/mol. The number of nitro benzene ring substituents is 1. The van der Waals surface area contributed by atoms with Crippen LogP contribution in [-0.2, 0) is 10.0 Å². The molecule has 0 spiro atoms. The molecule has 0 fully saturated rings. The molecule has 1 atom stereocenters. The third-order valence-electron chi connectivity index (χ3n) is 6.25. The van der Waals surface area contributed by atoms with Gasteiger partial charge in [-0.3, -0.25) is 14.9 Å². The maximum absolute atomic E-state index is 13.1. The summed E-state index contributed by atoms with van der Waals surface area (Å²) in [5, 5.41) is 18.9. The van der Waals surface area contributed by atoms with E-state index in [1.165, 1.54) is 16.8 Å². The summed E-state index contributed by atoms with van der Waals surface area (Å²) in [7, 11) is -4.15. The molecule has 0 aliphatic heterocycles. The highest BCUT2D eigenvalue weighted by atomic mass is 32.2. The van der Waals surface area contributed by atoms with Crippen molar-refractivity contribution in [2.75, 3.05) is 6.54 Å². The average Bonchev–Trinajstić information content (AvgIpc) is 3.20. The Bertz CT molecular complexity index is 1460. The molecule has 2 aromatic carbocycles. The fourth-order valence-corrected chi connectivity index (χ4v) is 4.94. The lowest BCUT2D eigenvalue weighted by atomic mass is 10.1. The third-order valence-corrected chi connectivity index (χ3v) is 7.74. The van der Waals surface area contributed by atoms with E-state index in [-0.39, 0.29) is 34.8 Å². The van der Waals surface area contributed by atoms with E-state index >= 15 is 0 Å². The Balaban J connectivity index is 2.24. The number of nitrogens with zero attached hydrogens (tertiary/aromatic N) is 3. The number of nitro groups is 1. The number of aryl methyl sites for hydroxylation is 1. The van der Waals surface area contributed by atoms with Gasteiger partial charge in [0.15, 0.2) is 5.69 Å². The first-order chi connectivity index (χ1) is 17.9. The van der Waals surface area contributed by atoms with Crippen LogP contribution in [0.2, 0.25) is 0 Å². The standard InChI is InChI=1S/C26H33N5O6S/c1-7-14-27-38(35,36)23-15-20(31(33)34)12-13-22(23)37-26-19(6)24(25(32)28-17(4)8-2)29-30(26)21-11-9-10-16(3)18(21)5/h9-13,15,17,27H,7-8,14H2,1-6H3,(H,28,32). The Morgan fingerprint density at radius 3 is 2.50 bits per heavy atom. The Hall–Kier alpha value is -3.77. The van der Waals surface area contributed by atoms with Gasteiger partial charge >= 0.3 is 0 Å². The summed E-state index contributed by atoms with van der Waals surface area (Å²) >= 11 is 0. The van der Waals surface area contributed by atoms with Gasteiger partial charge in [0.1, 0.15) is 10.6 Å². The van der Waals surface area contributed by atoms with Gasteiger partial charge in [-0.1, -0.05) is 26.0 Å². The van der Waals surface area contributed by atoms with E-state index in [1.54, 1.807) is 13.8 Å². The number of non-ortho nitro benzene ring substituents is 1. The highest BCUT2D eigenvalue weighted by molar-refractivity contribution is 7.89. The Kier molecular flexibility index (Phi) is 8.89. The maximum atomic E-state index is 13.1. The van der Waals surface area contributed by atoms with Gasteiger partial charge in [-0.25, -0.2) is 13.1 Å². The molecule has 1 aromatic heterocycles. The molecule has 3 rings (SSSR count). The molecule has 204 valence electrons. The van der Waals surface area contributed by atoms with Crippen LogP contribution >= 0.6 is 0 Å². The summed E-state index contributed by atoms with van der Waals surface area (Å²) < 4.78 is 36.2. The van der Waals surface area contributed by atoms with Gasteiger partial charge in [-0.2, -0.15) is 9.78 Å². The van der Waals surface area contributed by atoms with Crippen LogP contribution in [0, 0.1) is 30.9 Å². The number of carbonyl (C=O) groups is 1. The molecule has 0 saturated heterocycles. The van der Waals surface area contributed by atoms with E-state index in [1.807, 2.05) is 45.9 Å². The number of hydrogen-bond acceptors (Lipinski definition) is 7. The zero-order chi connectivity index (χ0) is 28.2. The maximum Gasteiger partial charge on any atom is 0.272 e. The van der Waals surface area contributed by atoms with Gasteiger partial charge in [-0.15, -0.1) is 0 Å². The molecule has 3 aromatic rings. The number of carbonyl (C=O) groups excluding carboxylic acids is 1. The smallest absolute Gasteiger partial charge is 0.272 e. The number of ether oxygens (including phenoxy) is 1. The Morgan fingerprint density at radius 1 is 1.16 bits per heavy atom. The van der Waals surface area contributed by atoms with Crippen molar-refractivity contribution in [2.45, 2.75) is 65.3 Å². The number of benzene rings is 2. The van der Waals surface area contributed by atoms with Gasteiger partial charge < -0.3 is 10.1 Å². The topological polar surface area (TPSA) is 145 Å². The zero-order valence-corrected chi connectivity index (χ0v) is 23.2. The van der Waals surface area contributed by atoms with E-state index in [2.05, 4.69) is 15.1 Å². The summed E-state index contributed by atoms with van der Waals surface area (Å²) in [6, 6.07) is 8.86. The van der Waals surface area contributed by atoms with Gasteiger partial charge in [-0.05, 0) is 63.8 Å². The third kappa shape index (κ3) is 6.03.